The van der Waals surface area contributed by atoms with Gasteiger partial charge in [0, 0.05) is 13.1 Å². The fraction of sp³-hybridized carbons (Fsp3) is 0.556. The number of hydrogen-bond donors (Lipinski definition) is 1. The summed E-state index contributed by atoms with van der Waals surface area (Å²) in [5.74, 6) is 1.50. The van der Waals surface area contributed by atoms with Crippen LogP contribution in [0.4, 0.5) is 5.82 Å². The Morgan fingerprint density at radius 3 is 3.19 bits per heavy atom. The minimum absolute atomic E-state index is 0.562. The van der Waals surface area contributed by atoms with Gasteiger partial charge in [-0.1, -0.05) is 0 Å². The molecule has 0 spiro atoms. The Hall–Kier alpha value is -1.76. The number of aromatic nitrogens is 5. The fourth-order valence-electron chi connectivity index (χ4n) is 2.11. The summed E-state index contributed by atoms with van der Waals surface area (Å²) in [6.45, 7) is 2.68. The van der Waals surface area contributed by atoms with Crippen LogP contribution in [-0.2, 0) is 0 Å². The lowest BCUT2D eigenvalue weighted by Gasteiger charge is -2.17. The summed E-state index contributed by atoms with van der Waals surface area (Å²) in [4.78, 5) is 6.37. The minimum atomic E-state index is 0.562. The van der Waals surface area contributed by atoms with Crippen LogP contribution in [0.1, 0.15) is 6.42 Å². The van der Waals surface area contributed by atoms with E-state index in [9.17, 15) is 0 Å². The Morgan fingerprint density at radius 1 is 1.44 bits per heavy atom. The molecule has 0 amide bonds. The first-order chi connectivity index (χ1) is 7.88. The predicted molar refractivity (Wildman–Crippen MR) is 58.0 cm³/mol. The van der Waals surface area contributed by atoms with Crippen molar-refractivity contribution in [2.24, 2.45) is 11.7 Å². The van der Waals surface area contributed by atoms with Crippen LogP contribution in [0, 0.1) is 5.92 Å². The molecule has 1 unspecified atom stereocenters. The van der Waals surface area contributed by atoms with Crippen molar-refractivity contribution in [1.29, 1.82) is 0 Å². The lowest BCUT2D eigenvalue weighted by Crippen LogP contribution is -2.24. The normalized spacial score (nSPS) is 20.8. The van der Waals surface area contributed by atoms with Gasteiger partial charge in [-0.3, -0.25) is 4.98 Å². The van der Waals surface area contributed by atoms with Crippen molar-refractivity contribution in [3.8, 4) is 0 Å². The molecular formula is C9H13N7. The zero-order valence-electron chi connectivity index (χ0n) is 8.82. The van der Waals surface area contributed by atoms with Crippen LogP contribution in [0.5, 0.6) is 0 Å². The van der Waals surface area contributed by atoms with E-state index >= 15 is 0 Å². The second-order valence-corrected chi connectivity index (χ2v) is 4.05. The highest BCUT2D eigenvalue weighted by Gasteiger charge is 2.23. The van der Waals surface area contributed by atoms with E-state index in [4.69, 9.17) is 5.73 Å². The van der Waals surface area contributed by atoms with Crippen molar-refractivity contribution in [2.75, 3.05) is 24.5 Å². The van der Waals surface area contributed by atoms with E-state index in [1.807, 2.05) is 0 Å². The zero-order valence-corrected chi connectivity index (χ0v) is 8.82. The topological polar surface area (TPSA) is 85.2 Å². The number of hydrogen-bond acceptors (Lipinski definition) is 6. The maximum Gasteiger partial charge on any atom is 0.199 e. The van der Waals surface area contributed by atoms with E-state index < -0.39 is 0 Å². The van der Waals surface area contributed by atoms with Crippen molar-refractivity contribution in [2.45, 2.75) is 6.42 Å². The second kappa shape index (κ2) is 3.67. The van der Waals surface area contributed by atoms with Gasteiger partial charge in [-0.2, -0.15) is 4.52 Å². The first kappa shape index (κ1) is 9.46. The van der Waals surface area contributed by atoms with Gasteiger partial charge in [-0.25, -0.2) is 0 Å². The van der Waals surface area contributed by atoms with Gasteiger partial charge in [0.2, 0.25) is 0 Å². The van der Waals surface area contributed by atoms with E-state index in [1.54, 1.807) is 16.9 Å². The van der Waals surface area contributed by atoms with Crippen molar-refractivity contribution < 1.29 is 0 Å². The smallest absolute Gasteiger partial charge is 0.199 e. The Bertz CT molecular complexity index is 493. The summed E-state index contributed by atoms with van der Waals surface area (Å²) in [6, 6.07) is 0. The summed E-state index contributed by atoms with van der Waals surface area (Å²) in [5.41, 5.74) is 6.35. The van der Waals surface area contributed by atoms with Gasteiger partial charge < -0.3 is 10.6 Å². The Balaban J connectivity index is 1.97. The van der Waals surface area contributed by atoms with E-state index in [0.29, 0.717) is 11.6 Å². The first-order valence-corrected chi connectivity index (χ1v) is 5.35. The van der Waals surface area contributed by atoms with Crippen molar-refractivity contribution >= 4 is 11.5 Å². The van der Waals surface area contributed by atoms with Crippen LogP contribution in [0.15, 0.2) is 12.4 Å². The van der Waals surface area contributed by atoms with Crippen LogP contribution >= 0.6 is 0 Å². The molecule has 1 fully saturated rings. The van der Waals surface area contributed by atoms with Crippen molar-refractivity contribution in [3.05, 3.63) is 12.4 Å². The van der Waals surface area contributed by atoms with Gasteiger partial charge in [-0.05, 0) is 29.3 Å². The third-order valence-corrected chi connectivity index (χ3v) is 3.03. The summed E-state index contributed by atoms with van der Waals surface area (Å²) >= 11 is 0. The average Bonchev–Trinajstić information content (AvgIpc) is 2.97. The molecule has 3 rings (SSSR count). The predicted octanol–water partition coefficient (Wildman–Crippen LogP) is -0.696. The van der Waals surface area contributed by atoms with Crippen LogP contribution in [0.3, 0.4) is 0 Å². The van der Waals surface area contributed by atoms with Crippen molar-refractivity contribution in [3.63, 3.8) is 0 Å². The molecule has 84 valence electrons. The van der Waals surface area contributed by atoms with Crippen LogP contribution in [0.2, 0.25) is 0 Å². The number of nitrogens with two attached hydrogens (primary N) is 1. The molecule has 1 atom stereocenters. The van der Waals surface area contributed by atoms with Gasteiger partial charge in [0.15, 0.2) is 11.5 Å². The SMILES string of the molecule is NCC1CCN(c2cncc3nnnn23)C1. The minimum Gasteiger partial charge on any atom is -0.355 e. The highest BCUT2D eigenvalue weighted by molar-refractivity contribution is 5.46. The molecular weight excluding hydrogens is 206 g/mol. The molecule has 1 aliphatic heterocycles. The van der Waals surface area contributed by atoms with Crippen LogP contribution in [0.25, 0.3) is 5.65 Å². The number of rotatable bonds is 2. The number of tetrazole rings is 1. The fourth-order valence-corrected chi connectivity index (χ4v) is 2.11. The molecule has 2 aromatic rings. The maximum absolute atomic E-state index is 5.68. The lowest BCUT2D eigenvalue weighted by molar-refractivity contribution is 0.601. The summed E-state index contributed by atoms with van der Waals surface area (Å²) in [7, 11) is 0. The standard InChI is InChI=1S/C9H13N7/c10-3-7-1-2-15(6-7)9-5-11-4-8-12-13-14-16(8)9/h4-5,7H,1-3,6,10H2. The maximum atomic E-state index is 5.68. The van der Waals surface area contributed by atoms with Gasteiger partial charge in [0.1, 0.15) is 0 Å². The molecule has 0 aliphatic carbocycles. The monoisotopic (exact) mass is 219 g/mol. The summed E-state index contributed by atoms with van der Waals surface area (Å²) in [6.07, 6.45) is 4.57. The number of fused-ring (bicyclic) bond motifs is 1. The molecule has 0 radical (unpaired) electrons. The molecule has 3 heterocycles. The van der Waals surface area contributed by atoms with Crippen molar-refractivity contribution in [1.82, 2.24) is 25.0 Å². The number of anilines is 1. The third-order valence-electron chi connectivity index (χ3n) is 3.03. The third kappa shape index (κ3) is 1.40. The molecule has 0 aromatic carbocycles. The van der Waals surface area contributed by atoms with Crippen LogP contribution in [-0.4, -0.2) is 44.7 Å². The molecule has 1 saturated heterocycles. The molecule has 2 aromatic heterocycles. The molecule has 0 bridgehead atoms. The zero-order chi connectivity index (χ0) is 11.0. The Kier molecular flexibility index (Phi) is 2.17. The van der Waals surface area contributed by atoms with E-state index in [-0.39, 0.29) is 0 Å². The van der Waals surface area contributed by atoms with E-state index in [1.165, 1.54) is 0 Å². The van der Waals surface area contributed by atoms with Gasteiger partial charge in [0.25, 0.3) is 0 Å². The van der Waals surface area contributed by atoms with E-state index in [0.717, 1.165) is 31.9 Å². The molecule has 16 heavy (non-hydrogen) atoms. The first-order valence-electron chi connectivity index (χ1n) is 5.35. The second-order valence-electron chi connectivity index (χ2n) is 4.05. The average molecular weight is 219 g/mol. The lowest BCUT2D eigenvalue weighted by atomic mass is 10.1. The highest BCUT2D eigenvalue weighted by Crippen LogP contribution is 2.22. The van der Waals surface area contributed by atoms with Gasteiger partial charge >= 0.3 is 0 Å². The summed E-state index contributed by atoms with van der Waals surface area (Å²) < 4.78 is 1.71. The molecule has 1 aliphatic rings. The van der Waals surface area contributed by atoms with Gasteiger partial charge in [-0.15, -0.1) is 5.10 Å². The van der Waals surface area contributed by atoms with E-state index in [2.05, 4.69) is 25.4 Å². The Labute approximate surface area is 92.3 Å². The molecule has 7 heteroatoms. The largest absolute Gasteiger partial charge is 0.355 e. The highest BCUT2D eigenvalue weighted by atomic mass is 15.5. The van der Waals surface area contributed by atoms with Gasteiger partial charge in [0.05, 0.1) is 12.4 Å². The summed E-state index contributed by atoms with van der Waals surface area (Å²) in [5, 5.41) is 11.5. The van der Waals surface area contributed by atoms with Crippen LogP contribution < -0.4 is 10.6 Å². The molecule has 0 saturated carbocycles. The molecule has 2 N–H and O–H groups in total. The molecule has 7 nitrogen and oxygen atoms in total. The quantitative estimate of drug-likeness (QED) is 0.719. The number of nitrogens with zero attached hydrogens (tertiary/aromatic N) is 6. The Morgan fingerprint density at radius 2 is 2.38 bits per heavy atom.